The zero-order valence-electron chi connectivity index (χ0n) is 32.9. The van der Waals surface area contributed by atoms with E-state index in [4.69, 9.17) is 16.3 Å². The molecule has 6 heterocycles. The lowest BCUT2D eigenvalue weighted by Crippen LogP contribution is -2.76. The molecule has 59 heavy (non-hydrogen) atoms. The summed E-state index contributed by atoms with van der Waals surface area (Å²) in [6, 6.07) is 24.5. The number of amides is 4. The number of nitrogens with zero attached hydrogens (tertiary/aromatic N) is 6. The smallest absolute Gasteiger partial charge is 0.266 e. The average molecular weight is 818 g/mol. The summed E-state index contributed by atoms with van der Waals surface area (Å²) in [7, 11) is 0. The van der Waals surface area contributed by atoms with Crippen molar-refractivity contribution in [3.63, 3.8) is 0 Å². The van der Waals surface area contributed by atoms with Crippen LogP contribution in [0.2, 0.25) is 5.02 Å². The highest BCUT2D eigenvalue weighted by Gasteiger charge is 2.58. The quantitative estimate of drug-likeness (QED) is 0.222. The van der Waals surface area contributed by atoms with E-state index in [1.165, 1.54) is 5.56 Å². The number of phenols is 1. The molecule has 5 aliphatic heterocycles. The number of halogens is 1. The highest BCUT2D eigenvalue weighted by atomic mass is 35.5. The third-order valence-corrected chi connectivity index (χ3v) is 13.3. The molecule has 5 saturated heterocycles. The number of aromatic hydroxyl groups is 1. The summed E-state index contributed by atoms with van der Waals surface area (Å²) in [6.07, 6.45) is 5.40. The summed E-state index contributed by atoms with van der Waals surface area (Å²) in [4.78, 5) is 60.0. The van der Waals surface area contributed by atoms with Gasteiger partial charge in [-0.3, -0.25) is 29.4 Å². The van der Waals surface area contributed by atoms with E-state index < -0.39 is 5.60 Å². The fourth-order valence-corrected chi connectivity index (χ4v) is 9.81. The Hall–Kier alpha value is -5.53. The lowest BCUT2D eigenvalue weighted by molar-refractivity contribution is -0.180. The minimum absolute atomic E-state index is 0.0521. The van der Waals surface area contributed by atoms with Gasteiger partial charge in [-0.2, -0.15) is 10.2 Å². The van der Waals surface area contributed by atoms with Crippen LogP contribution in [0.3, 0.4) is 0 Å². The standard InChI is InChI=1S/C45H48ClN7O6/c46-36-6-2-4-8-39(36)59-45(17-21-51(22-18-45)33-23-37(49-47-24-33)35-5-1-3-7-38(35)54)43(58)53-28-44(29-53)26-52(27-44)41(56)25-50-19-15-31(16-20-50)30-9-11-32(12-10-30)34-13-14-40(55)48-42(34)57/h1-12,23-24,31,34,54H,13-22,25-29H2,(H,48,55,57)/t34-/m0/s1. The van der Waals surface area contributed by atoms with Gasteiger partial charge in [0.2, 0.25) is 17.7 Å². The van der Waals surface area contributed by atoms with Crippen molar-refractivity contribution >= 4 is 40.9 Å². The van der Waals surface area contributed by atoms with Crippen LogP contribution in [0.5, 0.6) is 11.5 Å². The maximum absolute atomic E-state index is 14.5. The topological polar surface area (TPSA) is 149 Å². The van der Waals surface area contributed by atoms with Crippen LogP contribution in [-0.4, -0.2) is 118 Å². The monoisotopic (exact) mass is 817 g/mol. The van der Waals surface area contributed by atoms with E-state index in [0.717, 1.165) is 37.2 Å². The summed E-state index contributed by atoms with van der Waals surface area (Å²) in [5, 5.41) is 21.8. The molecule has 306 valence electrons. The number of nitrogens with one attached hydrogen (secondary N) is 1. The minimum Gasteiger partial charge on any atom is -0.507 e. The van der Waals surface area contributed by atoms with Crippen molar-refractivity contribution in [2.24, 2.45) is 5.41 Å². The molecule has 9 rings (SSSR count). The second-order valence-corrected chi connectivity index (χ2v) is 17.4. The number of ether oxygens (including phenoxy) is 1. The molecule has 3 aromatic carbocycles. The first-order valence-corrected chi connectivity index (χ1v) is 21.0. The Morgan fingerprint density at radius 3 is 2.24 bits per heavy atom. The first-order valence-electron chi connectivity index (χ1n) is 20.6. The molecule has 0 bridgehead atoms. The van der Waals surface area contributed by atoms with Gasteiger partial charge in [-0.05, 0) is 79.7 Å². The van der Waals surface area contributed by atoms with Gasteiger partial charge in [0, 0.05) is 69.5 Å². The van der Waals surface area contributed by atoms with E-state index in [1.54, 1.807) is 36.5 Å². The van der Waals surface area contributed by atoms with Crippen LogP contribution in [0.15, 0.2) is 85.1 Å². The van der Waals surface area contributed by atoms with Crippen molar-refractivity contribution in [2.75, 3.05) is 63.8 Å². The SMILES string of the molecule is O=C1CC[C@@H](c2ccc(C3CCN(CC(=O)N4CC5(C4)CN(C(=O)C4(Oc6ccccc6Cl)CCN(c6cnnc(-c7ccccc7O)c6)CC4)C5)CC3)cc2)C(=O)N1. The molecule has 1 spiro atoms. The molecular weight excluding hydrogens is 770 g/mol. The Morgan fingerprint density at radius 2 is 1.53 bits per heavy atom. The lowest BCUT2D eigenvalue weighted by atomic mass is 9.71. The maximum atomic E-state index is 14.5. The lowest BCUT2D eigenvalue weighted by Gasteiger charge is -2.61. The first-order chi connectivity index (χ1) is 28.6. The Morgan fingerprint density at radius 1 is 0.847 bits per heavy atom. The first kappa shape index (κ1) is 39.0. The number of imide groups is 1. The molecule has 2 N–H and O–H groups in total. The molecular formula is C45H48ClN7O6. The van der Waals surface area contributed by atoms with E-state index in [2.05, 4.69) is 37.4 Å². The number of anilines is 1. The van der Waals surface area contributed by atoms with Gasteiger partial charge in [-0.1, -0.05) is 60.1 Å². The Labute approximate surface area is 348 Å². The molecule has 14 heteroatoms. The second-order valence-electron chi connectivity index (χ2n) is 17.0. The van der Waals surface area contributed by atoms with E-state index in [0.29, 0.717) is 99.4 Å². The number of para-hydroxylation sites is 2. The van der Waals surface area contributed by atoms with Crippen LogP contribution in [-0.2, 0) is 19.2 Å². The zero-order chi connectivity index (χ0) is 40.7. The van der Waals surface area contributed by atoms with Crippen LogP contribution >= 0.6 is 11.6 Å². The fourth-order valence-electron chi connectivity index (χ4n) is 9.64. The van der Waals surface area contributed by atoms with Crippen molar-refractivity contribution in [2.45, 2.75) is 56.0 Å². The third-order valence-electron chi connectivity index (χ3n) is 13.0. The highest BCUT2D eigenvalue weighted by molar-refractivity contribution is 6.32. The minimum atomic E-state index is -1.11. The van der Waals surface area contributed by atoms with Gasteiger partial charge < -0.3 is 24.5 Å². The number of phenolic OH excluding ortho intramolecular Hbond substituents is 1. The van der Waals surface area contributed by atoms with Crippen molar-refractivity contribution in [1.29, 1.82) is 0 Å². The molecule has 0 radical (unpaired) electrons. The number of piperidine rings is 3. The zero-order valence-corrected chi connectivity index (χ0v) is 33.6. The summed E-state index contributed by atoms with van der Waals surface area (Å²) in [6.45, 7) is 5.61. The summed E-state index contributed by atoms with van der Waals surface area (Å²) < 4.78 is 6.62. The third kappa shape index (κ3) is 7.85. The molecule has 1 atom stereocenters. The molecule has 0 unspecified atom stereocenters. The van der Waals surface area contributed by atoms with Crippen LogP contribution in [0.4, 0.5) is 5.69 Å². The summed E-state index contributed by atoms with van der Waals surface area (Å²) >= 11 is 6.56. The molecule has 0 saturated carbocycles. The molecule has 4 aromatic rings. The van der Waals surface area contributed by atoms with Crippen molar-refractivity contribution in [3.8, 4) is 22.8 Å². The van der Waals surface area contributed by atoms with Gasteiger partial charge in [0.1, 0.15) is 11.5 Å². The number of hydrogen-bond donors (Lipinski definition) is 2. The molecule has 5 fully saturated rings. The van der Waals surface area contributed by atoms with E-state index in [-0.39, 0.29) is 40.7 Å². The number of aromatic nitrogens is 2. The Balaban J connectivity index is 0.772. The normalized spacial score (nSPS) is 21.7. The fraction of sp³-hybridized carbons (Fsp3) is 0.422. The number of likely N-dealkylation sites (tertiary alicyclic amines) is 3. The molecule has 13 nitrogen and oxygen atoms in total. The van der Waals surface area contributed by atoms with Crippen LogP contribution in [0, 0.1) is 5.41 Å². The number of benzene rings is 3. The van der Waals surface area contributed by atoms with Gasteiger partial charge in [0.15, 0.2) is 5.60 Å². The van der Waals surface area contributed by atoms with Crippen molar-refractivity contribution in [1.82, 2.24) is 30.2 Å². The summed E-state index contributed by atoms with van der Waals surface area (Å²) in [5.41, 5.74) is 3.01. The molecule has 0 aliphatic carbocycles. The van der Waals surface area contributed by atoms with Gasteiger partial charge in [-0.25, -0.2) is 0 Å². The second kappa shape index (κ2) is 15.9. The van der Waals surface area contributed by atoms with E-state index >= 15 is 0 Å². The van der Waals surface area contributed by atoms with Crippen LogP contribution in [0.1, 0.15) is 61.5 Å². The van der Waals surface area contributed by atoms with Gasteiger partial charge in [0.05, 0.1) is 35.1 Å². The largest absolute Gasteiger partial charge is 0.507 e. The van der Waals surface area contributed by atoms with Crippen molar-refractivity contribution in [3.05, 3.63) is 101 Å². The number of carbonyl (C=O) groups is 4. The predicted octanol–water partition coefficient (Wildman–Crippen LogP) is 4.99. The van der Waals surface area contributed by atoms with Crippen molar-refractivity contribution < 1.29 is 29.0 Å². The number of carbonyl (C=O) groups excluding carboxylic acids is 4. The maximum Gasteiger partial charge on any atom is 0.266 e. The van der Waals surface area contributed by atoms with E-state index in [9.17, 15) is 24.3 Å². The number of hydrogen-bond acceptors (Lipinski definition) is 10. The Kier molecular flexibility index (Phi) is 10.5. The number of rotatable bonds is 9. The molecule has 1 aromatic heterocycles. The van der Waals surface area contributed by atoms with Gasteiger partial charge in [0.25, 0.3) is 5.91 Å². The average Bonchev–Trinajstić information content (AvgIpc) is 3.21. The predicted molar refractivity (Wildman–Crippen MR) is 221 cm³/mol. The van der Waals surface area contributed by atoms with Crippen LogP contribution in [0.25, 0.3) is 11.3 Å². The highest BCUT2D eigenvalue weighted by Crippen LogP contribution is 2.44. The van der Waals surface area contributed by atoms with Gasteiger partial charge >= 0.3 is 0 Å². The van der Waals surface area contributed by atoms with Gasteiger partial charge in [-0.15, -0.1) is 0 Å². The molecule has 4 amide bonds. The van der Waals surface area contributed by atoms with E-state index in [1.807, 2.05) is 46.2 Å². The van der Waals surface area contributed by atoms with Crippen LogP contribution < -0.4 is 15.0 Å². The summed E-state index contributed by atoms with van der Waals surface area (Å²) in [5.74, 6) is 0.389. The Bertz CT molecular complexity index is 2240. The molecule has 5 aliphatic rings.